The summed E-state index contributed by atoms with van der Waals surface area (Å²) in [5.74, 6) is 0.617. The maximum absolute atomic E-state index is 6.24. The van der Waals surface area contributed by atoms with Crippen molar-refractivity contribution >= 4 is 11.6 Å². The third kappa shape index (κ3) is 2.38. The van der Waals surface area contributed by atoms with Gasteiger partial charge in [-0.15, -0.1) is 0 Å². The minimum atomic E-state index is 0.215. The molecule has 1 N–H and O–H groups in total. The normalized spacial score (nSPS) is 18.5. The fraction of sp³-hybridized carbons (Fsp3) is 0.312. The van der Waals surface area contributed by atoms with Crippen molar-refractivity contribution in [1.82, 2.24) is 10.3 Å². The standard InChI is InChI=1S/C16H17ClN2/c1-18-15(16-14(17)7-4-8-19-16)10-12-9-11-5-2-3-6-13(11)12/h2-8,12,15,18H,9-10H2,1H3. The summed E-state index contributed by atoms with van der Waals surface area (Å²) in [4.78, 5) is 4.42. The molecule has 1 aromatic carbocycles. The highest BCUT2D eigenvalue weighted by molar-refractivity contribution is 6.31. The Balaban J connectivity index is 1.78. The summed E-state index contributed by atoms with van der Waals surface area (Å²) in [5, 5.41) is 4.09. The van der Waals surface area contributed by atoms with Crippen LogP contribution in [0.25, 0.3) is 0 Å². The van der Waals surface area contributed by atoms with Gasteiger partial charge in [-0.05, 0) is 49.1 Å². The molecule has 2 aromatic rings. The van der Waals surface area contributed by atoms with E-state index in [1.807, 2.05) is 19.2 Å². The van der Waals surface area contributed by atoms with Gasteiger partial charge in [0.1, 0.15) is 0 Å². The van der Waals surface area contributed by atoms with Crippen LogP contribution in [0.2, 0.25) is 5.02 Å². The van der Waals surface area contributed by atoms with E-state index in [1.165, 1.54) is 17.5 Å². The molecule has 98 valence electrons. The monoisotopic (exact) mass is 272 g/mol. The van der Waals surface area contributed by atoms with Crippen molar-refractivity contribution < 1.29 is 0 Å². The van der Waals surface area contributed by atoms with Gasteiger partial charge in [-0.25, -0.2) is 0 Å². The lowest BCUT2D eigenvalue weighted by atomic mass is 9.74. The smallest absolute Gasteiger partial charge is 0.0759 e. The average Bonchev–Trinajstić information content (AvgIpc) is 2.42. The number of benzene rings is 1. The molecule has 2 atom stereocenters. The van der Waals surface area contributed by atoms with E-state index in [4.69, 9.17) is 11.6 Å². The highest BCUT2D eigenvalue weighted by Crippen LogP contribution is 2.41. The number of nitrogens with zero attached hydrogens (tertiary/aromatic N) is 1. The van der Waals surface area contributed by atoms with Crippen LogP contribution in [0.1, 0.15) is 35.2 Å². The van der Waals surface area contributed by atoms with E-state index in [2.05, 4.69) is 34.6 Å². The molecule has 3 heteroatoms. The molecule has 3 rings (SSSR count). The van der Waals surface area contributed by atoms with Crippen molar-refractivity contribution in [2.75, 3.05) is 7.05 Å². The SMILES string of the molecule is CNC(CC1Cc2ccccc21)c1ncccc1Cl. The Morgan fingerprint density at radius 3 is 2.89 bits per heavy atom. The summed E-state index contributed by atoms with van der Waals surface area (Å²) in [5.41, 5.74) is 3.92. The van der Waals surface area contributed by atoms with Crippen molar-refractivity contribution in [3.05, 3.63) is 64.4 Å². The molecule has 1 aliphatic rings. The molecule has 1 aromatic heterocycles. The van der Waals surface area contributed by atoms with Gasteiger partial charge in [0.2, 0.25) is 0 Å². The largest absolute Gasteiger partial charge is 0.312 e. The number of pyridine rings is 1. The summed E-state index contributed by atoms with van der Waals surface area (Å²) < 4.78 is 0. The molecular formula is C16H17ClN2. The van der Waals surface area contributed by atoms with Crippen LogP contribution in [-0.2, 0) is 6.42 Å². The molecule has 0 radical (unpaired) electrons. The minimum Gasteiger partial charge on any atom is -0.312 e. The molecule has 2 nitrogen and oxygen atoms in total. The molecule has 19 heavy (non-hydrogen) atoms. The predicted molar refractivity (Wildman–Crippen MR) is 78.6 cm³/mol. The zero-order valence-electron chi connectivity index (χ0n) is 10.9. The second-order valence-corrected chi connectivity index (χ2v) is 5.45. The summed E-state index contributed by atoms with van der Waals surface area (Å²) in [7, 11) is 1.97. The number of fused-ring (bicyclic) bond motifs is 1. The van der Waals surface area contributed by atoms with Crippen LogP contribution < -0.4 is 5.32 Å². The topological polar surface area (TPSA) is 24.9 Å². The Bertz CT molecular complexity index is 582. The lowest BCUT2D eigenvalue weighted by molar-refractivity contribution is 0.445. The number of halogens is 1. The zero-order valence-corrected chi connectivity index (χ0v) is 11.7. The quantitative estimate of drug-likeness (QED) is 0.917. The molecule has 0 saturated heterocycles. The molecule has 0 saturated carbocycles. The lowest BCUT2D eigenvalue weighted by Gasteiger charge is -2.33. The molecule has 0 bridgehead atoms. The fourth-order valence-corrected chi connectivity index (χ4v) is 3.13. The van der Waals surface area contributed by atoms with Gasteiger partial charge in [0, 0.05) is 6.20 Å². The third-order valence-corrected chi connectivity index (χ3v) is 4.27. The second kappa shape index (κ2) is 5.32. The van der Waals surface area contributed by atoms with Crippen molar-refractivity contribution in [3.63, 3.8) is 0 Å². The zero-order chi connectivity index (χ0) is 13.2. The van der Waals surface area contributed by atoms with E-state index < -0.39 is 0 Å². The lowest BCUT2D eigenvalue weighted by Crippen LogP contribution is -2.25. The maximum atomic E-state index is 6.24. The first kappa shape index (κ1) is 12.6. The van der Waals surface area contributed by atoms with Gasteiger partial charge < -0.3 is 5.32 Å². The van der Waals surface area contributed by atoms with Crippen molar-refractivity contribution in [3.8, 4) is 0 Å². The van der Waals surface area contributed by atoms with Crippen molar-refractivity contribution in [2.45, 2.75) is 24.8 Å². The molecular weight excluding hydrogens is 256 g/mol. The third-order valence-electron chi connectivity index (χ3n) is 3.95. The molecule has 0 fully saturated rings. The van der Waals surface area contributed by atoms with Gasteiger partial charge in [-0.3, -0.25) is 4.98 Å². The minimum absolute atomic E-state index is 0.215. The molecule has 1 aliphatic carbocycles. The Kier molecular flexibility index (Phi) is 3.54. The Morgan fingerprint density at radius 2 is 2.16 bits per heavy atom. The van der Waals surface area contributed by atoms with Crippen LogP contribution in [0.3, 0.4) is 0 Å². The first-order valence-corrected chi connectivity index (χ1v) is 7.03. The molecule has 0 amide bonds. The fourth-order valence-electron chi connectivity index (χ4n) is 2.88. The van der Waals surface area contributed by atoms with Crippen molar-refractivity contribution in [1.29, 1.82) is 0 Å². The Hall–Kier alpha value is -1.38. The first-order chi connectivity index (χ1) is 9.29. The van der Waals surface area contributed by atoms with Gasteiger partial charge in [0.25, 0.3) is 0 Å². The summed E-state index contributed by atoms with van der Waals surface area (Å²) in [6, 6.07) is 12.7. The van der Waals surface area contributed by atoms with Gasteiger partial charge in [-0.2, -0.15) is 0 Å². The number of aromatic nitrogens is 1. The van der Waals surface area contributed by atoms with Crippen LogP contribution in [-0.4, -0.2) is 12.0 Å². The second-order valence-electron chi connectivity index (χ2n) is 5.05. The van der Waals surface area contributed by atoms with Crippen LogP contribution in [0.4, 0.5) is 0 Å². The van der Waals surface area contributed by atoms with Crippen LogP contribution in [0, 0.1) is 0 Å². The summed E-state index contributed by atoms with van der Waals surface area (Å²) >= 11 is 6.24. The van der Waals surface area contributed by atoms with Crippen molar-refractivity contribution in [2.24, 2.45) is 0 Å². The molecule has 2 unspecified atom stereocenters. The highest BCUT2D eigenvalue weighted by Gasteiger charge is 2.29. The molecule has 1 heterocycles. The van der Waals surface area contributed by atoms with E-state index in [0.717, 1.165) is 17.1 Å². The van der Waals surface area contributed by atoms with E-state index in [1.54, 1.807) is 6.20 Å². The van der Waals surface area contributed by atoms with Gasteiger partial charge >= 0.3 is 0 Å². The van der Waals surface area contributed by atoms with Gasteiger partial charge in [-0.1, -0.05) is 35.9 Å². The van der Waals surface area contributed by atoms with Gasteiger partial charge in [0.05, 0.1) is 16.8 Å². The van der Waals surface area contributed by atoms with Crippen LogP contribution in [0.5, 0.6) is 0 Å². The van der Waals surface area contributed by atoms with E-state index in [9.17, 15) is 0 Å². The first-order valence-electron chi connectivity index (χ1n) is 6.65. The van der Waals surface area contributed by atoms with E-state index >= 15 is 0 Å². The highest BCUT2D eigenvalue weighted by atomic mass is 35.5. The maximum Gasteiger partial charge on any atom is 0.0759 e. The summed E-state index contributed by atoms with van der Waals surface area (Å²) in [6.45, 7) is 0. The van der Waals surface area contributed by atoms with Gasteiger partial charge in [0.15, 0.2) is 0 Å². The number of hydrogen-bond acceptors (Lipinski definition) is 2. The average molecular weight is 273 g/mol. The van der Waals surface area contributed by atoms with Crippen LogP contribution >= 0.6 is 11.6 Å². The molecule has 0 aliphatic heterocycles. The summed E-state index contributed by atoms with van der Waals surface area (Å²) in [6.07, 6.45) is 4.02. The number of nitrogens with one attached hydrogen (secondary N) is 1. The van der Waals surface area contributed by atoms with E-state index in [-0.39, 0.29) is 6.04 Å². The number of rotatable bonds is 4. The Morgan fingerprint density at radius 1 is 1.32 bits per heavy atom. The number of hydrogen-bond donors (Lipinski definition) is 1. The Labute approximate surface area is 118 Å². The van der Waals surface area contributed by atoms with E-state index in [0.29, 0.717) is 5.92 Å². The molecule has 0 spiro atoms. The van der Waals surface area contributed by atoms with Crippen LogP contribution in [0.15, 0.2) is 42.6 Å². The predicted octanol–water partition coefficient (Wildman–Crippen LogP) is 3.73.